The van der Waals surface area contributed by atoms with Gasteiger partial charge in [-0.2, -0.15) is 13.2 Å². The molecule has 0 spiro atoms. The van der Waals surface area contributed by atoms with E-state index in [4.69, 9.17) is 4.74 Å². The summed E-state index contributed by atoms with van der Waals surface area (Å²) in [5.41, 5.74) is -1.46. The lowest BCUT2D eigenvalue weighted by molar-refractivity contribution is -0.0328. The van der Waals surface area contributed by atoms with Gasteiger partial charge in [-0.05, 0) is 54.2 Å². The average molecular weight is 482 g/mol. The van der Waals surface area contributed by atoms with Crippen LogP contribution in [0.3, 0.4) is 0 Å². The monoisotopic (exact) mass is 482 g/mol. The number of pyridine rings is 1. The van der Waals surface area contributed by atoms with Crippen LogP contribution in [-0.2, 0) is 7.05 Å². The Morgan fingerprint density at radius 1 is 0.971 bits per heavy atom. The normalized spacial score (nSPS) is 11.6. The standard InChI is InChI=1S/C23H17F3N6OS/c1-32-20-7-4-15(33-16-8-9-27-19(13-16)21-28-10-11-29-21)12-18(20)31-22(32)30-14-2-5-17(6-3-14)34-23(24,25)26/h2-13H,1H3,(H,28,29)(H,30,31). The van der Waals surface area contributed by atoms with Crippen LogP contribution < -0.4 is 10.1 Å². The summed E-state index contributed by atoms with van der Waals surface area (Å²) in [5.74, 6) is 2.40. The predicted molar refractivity (Wildman–Crippen MR) is 124 cm³/mol. The minimum atomic E-state index is -4.32. The molecule has 0 bridgehead atoms. The maximum atomic E-state index is 12.5. The number of halogens is 3. The van der Waals surface area contributed by atoms with Crippen LogP contribution in [0.4, 0.5) is 24.8 Å². The number of aromatic nitrogens is 5. The number of aromatic amines is 1. The predicted octanol–water partition coefficient (Wildman–Crippen LogP) is 6.51. The van der Waals surface area contributed by atoms with Crippen molar-refractivity contribution in [1.82, 2.24) is 24.5 Å². The first-order valence-corrected chi connectivity index (χ1v) is 10.9. The van der Waals surface area contributed by atoms with Crippen molar-refractivity contribution < 1.29 is 17.9 Å². The summed E-state index contributed by atoms with van der Waals surface area (Å²) in [6.45, 7) is 0. The molecule has 0 radical (unpaired) electrons. The van der Waals surface area contributed by atoms with Gasteiger partial charge in [0.2, 0.25) is 5.95 Å². The number of hydrogen-bond donors (Lipinski definition) is 2. The molecule has 0 aliphatic carbocycles. The first-order valence-electron chi connectivity index (χ1n) is 10.1. The highest BCUT2D eigenvalue weighted by Crippen LogP contribution is 2.37. The zero-order valence-corrected chi connectivity index (χ0v) is 18.5. The first kappa shape index (κ1) is 21.8. The number of rotatable bonds is 6. The summed E-state index contributed by atoms with van der Waals surface area (Å²) >= 11 is -0.147. The number of alkyl halides is 3. The Morgan fingerprint density at radius 3 is 2.50 bits per heavy atom. The van der Waals surface area contributed by atoms with E-state index in [1.807, 2.05) is 29.8 Å². The van der Waals surface area contributed by atoms with Crippen molar-refractivity contribution in [2.45, 2.75) is 10.4 Å². The minimum Gasteiger partial charge on any atom is -0.457 e. The lowest BCUT2D eigenvalue weighted by atomic mass is 10.3. The summed E-state index contributed by atoms with van der Waals surface area (Å²) in [4.78, 5) is 16.2. The smallest absolute Gasteiger partial charge is 0.446 e. The van der Waals surface area contributed by atoms with E-state index in [0.29, 0.717) is 40.2 Å². The third kappa shape index (κ3) is 4.84. The third-order valence-corrected chi connectivity index (χ3v) is 5.64. The molecule has 0 aliphatic rings. The molecule has 2 aromatic carbocycles. The molecule has 0 unspecified atom stereocenters. The van der Waals surface area contributed by atoms with Gasteiger partial charge in [0.15, 0.2) is 5.82 Å². The van der Waals surface area contributed by atoms with Gasteiger partial charge in [-0.3, -0.25) is 4.98 Å². The maximum absolute atomic E-state index is 12.5. The Hall–Kier alpha value is -3.99. The third-order valence-electron chi connectivity index (χ3n) is 4.90. The van der Waals surface area contributed by atoms with Gasteiger partial charge in [0.05, 0.1) is 11.0 Å². The van der Waals surface area contributed by atoms with Crippen molar-refractivity contribution in [3.05, 3.63) is 73.2 Å². The summed E-state index contributed by atoms with van der Waals surface area (Å²) < 4.78 is 45.5. The molecule has 0 saturated carbocycles. The van der Waals surface area contributed by atoms with Crippen molar-refractivity contribution in [2.24, 2.45) is 7.05 Å². The fraction of sp³-hybridized carbons (Fsp3) is 0.0870. The van der Waals surface area contributed by atoms with Crippen LogP contribution in [0.15, 0.2) is 78.1 Å². The van der Waals surface area contributed by atoms with Crippen LogP contribution in [0.5, 0.6) is 11.5 Å². The van der Waals surface area contributed by atoms with Crippen molar-refractivity contribution in [3.63, 3.8) is 0 Å². The molecule has 0 saturated heterocycles. The molecule has 2 N–H and O–H groups in total. The molecule has 0 amide bonds. The number of anilines is 2. The van der Waals surface area contributed by atoms with Gasteiger partial charge in [-0.25, -0.2) is 9.97 Å². The van der Waals surface area contributed by atoms with Gasteiger partial charge in [-0.15, -0.1) is 0 Å². The van der Waals surface area contributed by atoms with Crippen LogP contribution in [-0.4, -0.2) is 30.0 Å². The van der Waals surface area contributed by atoms with E-state index >= 15 is 0 Å². The second-order valence-corrected chi connectivity index (χ2v) is 8.40. The van der Waals surface area contributed by atoms with E-state index in [1.54, 1.807) is 42.9 Å². The second-order valence-electron chi connectivity index (χ2n) is 7.26. The summed E-state index contributed by atoms with van der Waals surface area (Å²) in [5, 5.41) is 3.15. The number of thioether (sulfide) groups is 1. The van der Waals surface area contributed by atoms with Gasteiger partial charge in [-0.1, -0.05) is 0 Å². The number of ether oxygens (including phenoxy) is 1. The molecule has 3 aromatic heterocycles. The van der Waals surface area contributed by atoms with E-state index in [1.165, 1.54) is 12.1 Å². The Bertz CT molecular complexity index is 1430. The zero-order valence-electron chi connectivity index (χ0n) is 17.7. The Labute approximate surface area is 196 Å². The van der Waals surface area contributed by atoms with E-state index in [0.717, 1.165) is 5.52 Å². The van der Waals surface area contributed by atoms with Crippen molar-refractivity contribution in [3.8, 4) is 23.0 Å². The molecule has 172 valence electrons. The van der Waals surface area contributed by atoms with Gasteiger partial charge < -0.3 is 19.6 Å². The van der Waals surface area contributed by atoms with Gasteiger partial charge in [0.25, 0.3) is 0 Å². The number of H-pyrrole nitrogens is 1. The zero-order chi connectivity index (χ0) is 23.7. The van der Waals surface area contributed by atoms with Crippen LogP contribution >= 0.6 is 11.8 Å². The molecule has 0 aliphatic heterocycles. The van der Waals surface area contributed by atoms with Crippen LogP contribution in [0, 0.1) is 0 Å². The van der Waals surface area contributed by atoms with E-state index in [9.17, 15) is 13.2 Å². The SMILES string of the molecule is Cn1c(Nc2ccc(SC(F)(F)F)cc2)nc2cc(Oc3ccnc(-c4ncc[nH]4)c3)ccc21. The largest absolute Gasteiger partial charge is 0.457 e. The number of hydrogen-bond acceptors (Lipinski definition) is 6. The number of nitrogens with one attached hydrogen (secondary N) is 2. The van der Waals surface area contributed by atoms with Gasteiger partial charge in [0, 0.05) is 48.4 Å². The fourth-order valence-corrected chi connectivity index (χ4v) is 3.91. The second kappa shape index (κ2) is 8.75. The highest BCUT2D eigenvalue weighted by molar-refractivity contribution is 8.00. The number of benzene rings is 2. The van der Waals surface area contributed by atoms with Crippen molar-refractivity contribution in [2.75, 3.05) is 5.32 Å². The molecular weight excluding hydrogens is 465 g/mol. The number of imidazole rings is 2. The lowest BCUT2D eigenvalue weighted by Crippen LogP contribution is -2.00. The Morgan fingerprint density at radius 2 is 1.76 bits per heavy atom. The number of aryl methyl sites for hydroxylation is 1. The molecule has 11 heteroatoms. The Balaban J connectivity index is 1.34. The molecule has 34 heavy (non-hydrogen) atoms. The molecule has 5 aromatic rings. The molecule has 0 atom stereocenters. The quantitative estimate of drug-likeness (QED) is 0.269. The van der Waals surface area contributed by atoms with Crippen LogP contribution in [0.2, 0.25) is 0 Å². The highest BCUT2D eigenvalue weighted by Gasteiger charge is 2.29. The summed E-state index contributed by atoms with van der Waals surface area (Å²) in [6, 6.07) is 15.1. The average Bonchev–Trinajstić information content (AvgIpc) is 3.43. The van der Waals surface area contributed by atoms with Crippen molar-refractivity contribution >= 4 is 34.4 Å². The van der Waals surface area contributed by atoms with E-state index in [-0.39, 0.29) is 16.7 Å². The summed E-state index contributed by atoms with van der Waals surface area (Å²) in [6.07, 6.45) is 5.02. The fourth-order valence-electron chi connectivity index (χ4n) is 3.37. The molecular formula is C23H17F3N6OS. The molecule has 3 heterocycles. The maximum Gasteiger partial charge on any atom is 0.446 e. The number of nitrogens with zero attached hydrogens (tertiary/aromatic N) is 4. The van der Waals surface area contributed by atoms with Gasteiger partial charge >= 0.3 is 5.51 Å². The van der Waals surface area contributed by atoms with Gasteiger partial charge in [0.1, 0.15) is 17.2 Å². The molecule has 0 fully saturated rings. The minimum absolute atomic E-state index is 0.121. The van der Waals surface area contributed by atoms with Crippen LogP contribution in [0.1, 0.15) is 0 Å². The summed E-state index contributed by atoms with van der Waals surface area (Å²) in [7, 11) is 1.85. The highest BCUT2D eigenvalue weighted by atomic mass is 32.2. The first-order chi connectivity index (χ1) is 16.3. The Kier molecular flexibility index (Phi) is 5.62. The van der Waals surface area contributed by atoms with Crippen molar-refractivity contribution in [1.29, 1.82) is 0 Å². The van der Waals surface area contributed by atoms with E-state index in [2.05, 4.69) is 25.3 Å². The topological polar surface area (TPSA) is 80.7 Å². The van der Waals surface area contributed by atoms with Crippen LogP contribution in [0.25, 0.3) is 22.6 Å². The lowest BCUT2D eigenvalue weighted by Gasteiger charge is -2.08. The van der Waals surface area contributed by atoms with E-state index < -0.39 is 5.51 Å². The molecule has 7 nitrogen and oxygen atoms in total. The molecule has 5 rings (SSSR count). The number of fused-ring (bicyclic) bond motifs is 1.